The van der Waals surface area contributed by atoms with E-state index in [2.05, 4.69) is 6.58 Å². The number of esters is 2. The second-order valence-electron chi connectivity index (χ2n) is 5.91. The molecule has 0 unspecified atom stereocenters. The van der Waals surface area contributed by atoms with E-state index in [4.69, 9.17) is 23.7 Å². The highest BCUT2D eigenvalue weighted by molar-refractivity contribution is 6.05. The lowest BCUT2D eigenvalue weighted by molar-refractivity contribution is -0.139. The van der Waals surface area contributed by atoms with Gasteiger partial charge in [0.05, 0.1) is 39.6 Å². The maximum absolute atomic E-state index is 12.7. The first-order valence-electron chi connectivity index (χ1n) is 8.14. The Kier molecular flexibility index (Phi) is 4.80. The van der Waals surface area contributed by atoms with E-state index in [1.54, 1.807) is 24.3 Å². The molecule has 0 saturated heterocycles. The molecule has 0 bridgehead atoms. The van der Waals surface area contributed by atoms with Gasteiger partial charge in [0.15, 0.2) is 11.5 Å². The highest BCUT2D eigenvalue weighted by atomic mass is 16.6. The molecule has 7 nitrogen and oxygen atoms in total. The van der Waals surface area contributed by atoms with Crippen LogP contribution >= 0.6 is 0 Å². The van der Waals surface area contributed by atoms with Crippen LogP contribution < -0.4 is 9.47 Å². The molecule has 1 aliphatic heterocycles. The third-order valence-corrected chi connectivity index (χ3v) is 4.70. The van der Waals surface area contributed by atoms with E-state index in [1.807, 2.05) is 0 Å². The first kappa shape index (κ1) is 18.7. The Hall–Kier alpha value is -3.06. The summed E-state index contributed by atoms with van der Waals surface area (Å²) in [6, 6.07) is 3.49. The van der Waals surface area contributed by atoms with Crippen molar-refractivity contribution in [1.29, 1.82) is 0 Å². The summed E-state index contributed by atoms with van der Waals surface area (Å²) < 4.78 is 26.7. The molecule has 0 fully saturated rings. The third-order valence-electron chi connectivity index (χ3n) is 4.70. The van der Waals surface area contributed by atoms with Gasteiger partial charge in [0.1, 0.15) is 11.7 Å². The smallest absolute Gasteiger partial charge is 0.338 e. The predicted octanol–water partition coefficient (Wildman–Crippen LogP) is 2.15. The minimum Gasteiger partial charge on any atom is -0.493 e. The van der Waals surface area contributed by atoms with Gasteiger partial charge in [0, 0.05) is 5.56 Å². The molecule has 0 amide bonds. The van der Waals surface area contributed by atoms with E-state index in [0.29, 0.717) is 17.1 Å². The third kappa shape index (κ3) is 2.62. The van der Waals surface area contributed by atoms with E-state index in [0.717, 1.165) is 5.56 Å². The number of carbonyl (C=O) groups excluding carboxylic acids is 2. The van der Waals surface area contributed by atoms with Crippen LogP contribution in [0.5, 0.6) is 11.5 Å². The Bertz CT molecular complexity index is 881. The van der Waals surface area contributed by atoms with E-state index in [1.165, 1.54) is 34.5 Å². The first-order valence-corrected chi connectivity index (χ1v) is 8.14. The Morgan fingerprint density at radius 2 is 1.70 bits per heavy atom. The molecule has 2 aliphatic rings. The van der Waals surface area contributed by atoms with Gasteiger partial charge in [-0.15, -0.1) is 6.58 Å². The van der Waals surface area contributed by atoms with Crippen LogP contribution in [-0.4, -0.2) is 46.5 Å². The van der Waals surface area contributed by atoms with Crippen molar-refractivity contribution in [1.82, 2.24) is 0 Å². The minimum absolute atomic E-state index is 0.0592. The van der Waals surface area contributed by atoms with Gasteiger partial charge in [-0.25, -0.2) is 9.59 Å². The molecular formula is C20H20O7. The van der Waals surface area contributed by atoms with E-state index in [9.17, 15) is 9.59 Å². The Balaban J connectivity index is 2.30. The van der Waals surface area contributed by atoms with Gasteiger partial charge in [0.2, 0.25) is 0 Å². The lowest BCUT2D eigenvalue weighted by Gasteiger charge is -2.27. The van der Waals surface area contributed by atoms with Crippen LogP contribution in [0.15, 0.2) is 42.0 Å². The number of rotatable bonds is 5. The van der Waals surface area contributed by atoms with Crippen LogP contribution in [0.25, 0.3) is 6.08 Å². The fraction of sp³-hybridized carbons (Fsp3) is 0.300. The molecule has 0 radical (unpaired) electrons. The van der Waals surface area contributed by atoms with Crippen molar-refractivity contribution in [2.24, 2.45) is 0 Å². The lowest BCUT2D eigenvalue weighted by atomic mass is 9.86. The van der Waals surface area contributed by atoms with Crippen LogP contribution in [0.1, 0.15) is 11.1 Å². The van der Waals surface area contributed by atoms with Crippen LogP contribution in [-0.2, 0) is 29.4 Å². The predicted molar refractivity (Wildman–Crippen MR) is 96.4 cm³/mol. The summed E-state index contributed by atoms with van der Waals surface area (Å²) >= 11 is 0. The number of hydrogen-bond donors (Lipinski definition) is 0. The average Bonchev–Trinajstić information content (AvgIpc) is 3.23. The number of ether oxygens (including phenoxy) is 5. The number of methoxy groups -OCH3 is 4. The summed E-state index contributed by atoms with van der Waals surface area (Å²) in [7, 11) is 5.53. The molecule has 1 heterocycles. The normalized spacial score (nSPS) is 22.6. The zero-order valence-electron chi connectivity index (χ0n) is 15.5. The van der Waals surface area contributed by atoms with Gasteiger partial charge in [0.25, 0.3) is 0 Å². The SMILES string of the molecule is C=C[C@H]1O[C@]2(C=Cc3cc(OC)c(OC)cc32)C(C(=O)OC)=C1C(=O)OC. The molecule has 142 valence electrons. The summed E-state index contributed by atoms with van der Waals surface area (Å²) in [5.41, 5.74) is 0.203. The maximum atomic E-state index is 12.7. The maximum Gasteiger partial charge on any atom is 0.338 e. The quantitative estimate of drug-likeness (QED) is 0.579. The molecule has 27 heavy (non-hydrogen) atoms. The van der Waals surface area contributed by atoms with E-state index >= 15 is 0 Å². The summed E-state index contributed by atoms with van der Waals surface area (Å²) in [6.45, 7) is 3.71. The summed E-state index contributed by atoms with van der Waals surface area (Å²) in [5.74, 6) is -0.367. The largest absolute Gasteiger partial charge is 0.493 e. The fourth-order valence-electron chi connectivity index (χ4n) is 3.49. The summed E-state index contributed by atoms with van der Waals surface area (Å²) in [5, 5.41) is 0. The molecule has 1 spiro atoms. The van der Waals surface area contributed by atoms with Crippen molar-refractivity contribution in [2.45, 2.75) is 11.7 Å². The van der Waals surface area contributed by atoms with Gasteiger partial charge in [-0.05, 0) is 23.8 Å². The Morgan fingerprint density at radius 1 is 1.07 bits per heavy atom. The second kappa shape index (κ2) is 6.92. The summed E-state index contributed by atoms with van der Waals surface area (Å²) in [4.78, 5) is 25.1. The van der Waals surface area contributed by atoms with Crippen LogP contribution in [0, 0.1) is 0 Å². The van der Waals surface area contributed by atoms with Crippen LogP contribution in [0.3, 0.4) is 0 Å². The lowest BCUT2D eigenvalue weighted by Crippen LogP contribution is -2.30. The topological polar surface area (TPSA) is 80.3 Å². The van der Waals surface area contributed by atoms with E-state index in [-0.39, 0.29) is 11.1 Å². The highest BCUT2D eigenvalue weighted by Crippen LogP contribution is 2.52. The van der Waals surface area contributed by atoms with Crippen molar-refractivity contribution in [3.63, 3.8) is 0 Å². The molecule has 1 aliphatic carbocycles. The van der Waals surface area contributed by atoms with Gasteiger partial charge >= 0.3 is 11.9 Å². The van der Waals surface area contributed by atoms with E-state index < -0.39 is 23.6 Å². The van der Waals surface area contributed by atoms with Crippen LogP contribution in [0.2, 0.25) is 0 Å². The fourth-order valence-corrected chi connectivity index (χ4v) is 3.49. The van der Waals surface area contributed by atoms with Crippen molar-refractivity contribution >= 4 is 18.0 Å². The molecular weight excluding hydrogens is 352 g/mol. The van der Waals surface area contributed by atoms with Gasteiger partial charge in [-0.1, -0.05) is 12.2 Å². The second-order valence-corrected chi connectivity index (χ2v) is 5.91. The summed E-state index contributed by atoms with van der Waals surface area (Å²) in [6.07, 6.45) is 4.10. The number of carbonyl (C=O) groups is 2. The van der Waals surface area contributed by atoms with Crippen molar-refractivity contribution in [3.05, 3.63) is 53.1 Å². The van der Waals surface area contributed by atoms with Crippen molar-refractivity contribution in [3.8, 4) is 11.5 Å². The van der Waals surface area contributed by atoms with Crippen LogP contribution in [0.4, 0.5) is 0 Å². The standard InChI is InChI=1S/C20H20O7/c1-6-13-16(18(21)25-4)17(19(22)26-5)20(27-13)8-7-11-9-14(23-2)15(24-3)10-12(11)20/h6-10,13H,1H2,2-5H3/t13-,20+/m1/s1. The molecule has 3 rings (SSSR count). The first-order chi connectivity index (χ1) is 13.0. The van der Waals surface area contributed by atoms with Crippen molar-refractivity contribution < 1.29 is 33.3 Å². The van der Waals surface area contributed by atoms with Gasteiger partial charge in [-0.2, -0.15) is 0 Å². The molecule has 1 aromatic rings. The Morgan fingerprint density at radius 3 is 2.26 bits per heavy atom. The van der Waals surface area contributed by atoms with Gasteiger partial charge < -0.3 is 23.7 Å². The van der Waals surface area contributed by atoms with Crippen molar-refractivity contribution in [2.75, 3.05) is 28.4 Å². The number of fused-ring (bicyclic) bond motifs is 2. The molecule has 7 heteroatoms. The molecule has 1 aromatic carbocycles. The Labute approximate surface area is 156 Å². The number of benzene rings is 1. The van der Waals surface area contributed by atoms with Gasteiger partial charge in [-0.3, -0.25) is 0 Å². The zero-order chi connectivity index (χ0) is 19.8. The minimum atomic E-state index is -1.32. The molecule has 2 atom stereocenters. The average molecular weight is 372 g/mol. The molecule has 0 aromatic heterocycles. The zero-order valence-corrected chi connectivity index (χ0v) is 15.5. The highest BCUT2D eigenvalue weighted by Gasteiger charge is 2.54. The monoisotopic (exact) mass is 372 g/mol. The number of hydrogen-bond acceptors (Lipinski definition) is 7. The molecule has 0 saturated carbocycles. The molecule has 0 N–H and O–H groups in total.